The van der Waals surface area contributed by atoms with E-state index in [1.165, 1.54) is 21.9 Å². The maximum Gasteiger partial charge on any atom is 0.344 e. The van der Waals surface area contributed by atoms with Crippen molar-refractivity contribution in [1.29, 1.82) is 0 Å². The molecule has 0 saturated carbocycles. The van der Waals surface area contributed by atoms with Gasteiger partial charge in [-0.25, -0.2) is 9.78 Å². The minimum atomic E-state index is -0.523. The molecule has 0 N–H and O–H groups in total. The average molecular weight is 373 g/mol. The van der Waals surface area contributed by atoms with Crippen LogP contribution in [0, 0.1) is 13.8 Å². The molecule has 0 amide bonds. The fourth-order valence-electron chi connectivity index (χ4n) is 2.47. The maximum atomic E-state index is 12.0. The minimum absolute atomic E-state index is 0.0832. The summed E-state index contributed by atoms with van der Waals surface area (Å²) in [6.45, 7) is 5.59. The van der Waals surface area contributed by atoms with Crippen molar-refractivity contribution in [3.8, 4) is 5.75 Å². The lowest BCUT2D eigenvalue weighted by Gasteiger charge is -2.08. The predicted octanol–water partition coefficient (Wildman–Crippen LogP) is 2.45. The number of carbonyl (C=O) groups excluding carboxylic acids is 1. The summed E-state index contributed by atoms with van der Waals surface area (Å²) in [6, 6.07) is 7.05. The van der Waals surface area contributed by atoms with Crippen molar-refractivity contribution in [2.24, 2.45) is 0 Å². The lowest BCUT2D eigenvalue weighted by atomic mass is 10.1. The number of benzene rings is 1. The van der Waals surface area contributed by atoms with Gasteiger partial charge in [-0.05, 0) is 43.5 Å². The van der Waals surface area contributed by atoms with Gasteiger partial charge in [0.05, 0.1) is 5.69 Å². The number of rotatable bonds is 6. The van der Waals surface area contributed by atoms with Gasteiger partial charge in [-0.2, -0.15) is 9.61 Å². The largest absolute Gasteiger partial charge is 0.482 e. The fourth-order valence-corrected chi connectivity index (χ4v) is 3.32. The van der Waals surface area contributed by atoms with Crippen LogP contribution in [0.1, 0.15) is 28.8 Å². The van der Waals surface area contributed by atoms with Crippen LogP contribution in [-0.2, 0) is 22.6 Å². The van der Waals surface area contributed by atoms with Crippen LogP contribution in [0.3, 0.4) is 0 Å². The van der Waals surface area contributed by atoms with E-state index in [2.05, 4.69) is 10.1 Å². The average Bonchev–Trinajstić information content (AvgIpc) is 3.01. The zero-order valence-electron chi connectivity index (χ0n) is 14.8. The normalized spacial score (nSPS) is 10.9. The Morgan fingerprint density at radius 2 is 1.92 bits per heavy atom. The summed E-state index contributed by atoms with van der Waals surface area (Å²) < 4.78 is 11.9. The second-order valence-electron chi connectivity index (χ2n) is 5.90. The van der Waals surface area contributed by atoms with Crippen molar-refractivity contribution in [3.05, 3.63) is 56.4 Å². The SMILES string of the molecule is CCc1nn2c(=O)cc(COC(=O)COc3cc(C)cc(C)c3)nc2s1. The number of aromatic nitrogens is 3. The minimum Gasteiger partial charge on any atom is -0.482 e. The van der Waals surface area contributed by atoms with Crippen LogP contribution in [-0.4, -0.2) is 27.2 Å². The lowest BCUT2D eigenvalue weighted by molar-refractivity contribution is -0.147. The van der Waals surface area contributed by atoms with Crippen molar-refractivity contribution in [2.75, 3.05) is 6.61 Å². The Hall–Kier alpha value is -2.74. The van der Waals surface area contributed by atoms with Gasteiger partial charge in [0.15, 0.2) is 6.61 Å². The third kappa shape index (κ3) is 4.26. The Kier molecular flexibility index (Phi) is 5.32. The summed E-state index contributed by atoms with van der Waals surface area (Å²) in [6.07, 6.45) is 0.730. The zero-order valence-corrected chi connectivity index (χ0v) is 15.6. The lowest BCUT2D eigenvalue weighted by Crippen LogP contribution is -2.18. The van der Waals surface area contributed by atoms with Gasteiger partial charge < -0.3 is 9.47 Å². The van der Waals surface area contributed by atoms with Crippen LogP contribution < -0.4 is 10.3 Å². The van der Waals surface area contributed by atoms with Crippen LogP contribution >= 0.6 is 11.3 Å². The first-order valence-corrected chi connectivity index (χ1v) is 9.01. The van der Waals surface area contributed by atoms with E-state index in [4.69, 9.17) is 9.47 Å². The van der Waals surface area contributed by atoms with E-state index >= 15 is 0 Å². The van der Waals surface area contributed by atoms with Crippen LogP contribution in [0.25, 0.3) is 4.96 Å². The summed E-state index contributed by atoms with van der Waals surface area (Å²) in [5.74, 6) is 0.0960. The van der Waals surface area contributed by atoms with Crippen molar-refractivity contribution in [3.63, 3.8) is 0 Å². The monoisotopic (exact) mass is 373 g/mol. The van der Waals surface area contributed by atoms with Gasteiger partial charge in [0.1, 0.15) is 17.4 Å². The van der Waals surface area contributed by atoms with E-state index in [1.807, 2.05) is 39.0 Å². The summed E-state index contributed by atoms with van der Waals surface area (Å²) in [4.78, 5) is 28.8. The summed E-state index contributed by atoms with van der Waals surface area (Å²) in [5.41, 5.74) is 2.22. The highest BCUT2D eigenvalue weighted by molar-refractivity contribution is 7.16. The molecule has 0 radical (unpaired) electrons. The van der Waals surface area contributed by atoms with E-state index in [0.717, 1.165) is 22.6 Å². The van der Waals surface area contributed by atoms with Gasteiger partial charge in [-0.3, -0.25) is 4.79 Å². The molecule has 0 aliphatic rings. The summed E-state index contributed by atoms with van der Waals surface area (Å²) in [7, 11) is 0. The highest BCUT2D eigenvalue weighted by atomic mass is 32.1. The number of hydrogen-bond acceptors (Lipinski definition) is 7. The van der Waals surface area contributed by atoms with Gasteiger partial charge in [-0.1, -0.05) is 24.3 Å². The molecule has 0 aliphatic heterocycles. The van der Waals surface area contributed by atoms with E-state index in [-0.39, 0.29) is 18.8 Å². The molecule has 3 aromatic rings. The molecule has 0 atom stereocenters. The van der Waals surface area contributed by atoms with Crippen LogP contribution in [0.2, 0.25) is 0 Å². The topological polar surface area (TPSA) is 82.8 Å². The number of esters is 1. The first-order chi connectivity index (χ1) is 12.4. The van der Waals surface area contributed by atoms with Crippen molar-refractivity contribution in [2.45, 2.75) is 33.8 Å². The molecular formula is C18H19N3O4S. The van der Waals surface area contributed by atoms with Crippen LogP contribution in [0.4, 0.5) is 0 Å². The summed E-state index contributed by atoms with van der Waals surface area (Å²) in [5, 5.41) is 5.00. The Balaban J connectivity index is 1.60. The third-order valence-corrected chi connectivity index (χ3v) is 4.63. The summed E-state index contributed by atoms with van der Waals surface area (Å²) >= 11 is 1.35. The van der Waals surface area contributed by atoms with E-state index in [1.54, 1.807) is 0 Å². The molecule has 2 aromatic heterocycles. The quantitative estimate of drug-likeness (QED) is 0.617. The van der Waals surface area contributed by atoms with Gasteiger partial charge in [0.25, 0.3) is 5.56 Å². The molecule has 8 heteroatoms. The maximum absolute atomic E-state index is 12.0. The van der Waals surface area contributed by atoms with Gasteiger partial charge in [0.2, 0.25) is 4.96 Å². The second kappa shape index (κ2) is 7.65. The Morgan fingerprint density at radius 3 is 2.62 bits per heavy atom. The van der Waals surface area contributed by atoms with Gasteiger partial charge in [0, 0.05) is 6.07 Å². The molecule has 0 fully saturated rings. The molecule has 0 aliphatic carbocycles. The fraction of sp³-hybridized carbons (Fsp3) is 0.333. The molecule has 26 heavy (non-hydrogen) atoms. The molecule has 0 bridgehead atoms. The highest BCUT2D eigenvalue weighted by Crippen LogP contribution is 2.16. The molecule has 7 nitrogen and oxygen atoms in total. The molecule has 0 unspecified atom stereocenters. The van der Waals surface area contributed by atoms with E-state index in [9.17, 15) is 9.59 Å². The number of aryl methyl sites for hydroxylation is 3. The zero-order chi connectivity index (χ0) is 18.7. The molecule has 136 valence electrons. The molecule has 0 spiro atoms. The Bertz CT molecular complexity index is 989. The number of carbonyl (C=O) groups is 1. The first-order valence-electron chi connectivity index (χ1n) is 8.20. The number of fused-ring (bicyclic) bond motifs is 1. The first kappa shape index (κ1) is 18.1. The Morgan fingerprint density at radius 1 is 1.19 bits per heavy atom. The van der Waals surface area contributed by atoms with Crippen molar-refractivity contribution >= 4 is 22.3 Å². The molecule has 2 heterocycles. The second-order valence-corrected chi connectivity index (χ2v) is 6.94. The standard InChI is InChI=1S/C18H19N3O4S/c1-4-15-20-21-16(22)8-13(19-18(21)26-15)9-25-17(23)10-24-14-6-11(2)5-12(3)7-14/h5-8H,4,9-10H2,1-3H3. The van der Waals surface area contributed by atoms with E-state index < -0.39 is 5.97 Å². The van der Waals surface area contributed by atoms with Crippen molar-refractivity contribution < 1.29 is 14.3 Å². The molecule has 3 rings (SSSR count). The van der Waals surface area contributed by atoms with E-state index in [0.29, 0.717) is 16.4 Å². The number of ether oxygens (including phenoxy) is 2. The molecule has 0 saturated heterocycles. The van der Waals surface area contributed by atoms with Crippen molar-refractivity contribution in [1.82, 2.24) is 14.6 Å². The van der Waals surface area contributed by atoms with Crippen LogP contribution in [0.15, 0.2) is 29.1 Å². The predicted molar refractivity (Wildman–Crippen MR) is 97.7 cm³/mol. The molecular weight excluding hydrogens is 354 g/mol. The van der Waals surface area contributed by atoms with Crippen LogP contribution in [0.5, 0.6) is 5.75 Å². The Labute approximate surface area is 154 Å². The number of nitrogens with zero attached hydrogens (tertiary/aromatic N) is 3. The third-order valence-electron chi connectivity index (χ3n) is 3.58. The van der Waals surface area contributed by atoms with Gasteiger partial charge >= 0.3 is 5.97 Å². The molecule has 1 aromatic carbocycles. The number of hydrogen-bond donors (Lipinski definition) is 0. The van der Waals surface area contributed by atoms with Gasteiger partial charge in [-0.15, -0.1) is 0 Å². The smallest absolute Gasteiger partial charge is 0.344 e. The highest BCUT2D eigenvalue weighted by Gasteiger charge is 2.11.